The third-order valence-corrected chi connectivity index (χ3v) is 2.57. The van der Waals surface area contributed by atoms with E-state index in [9.17, 15) is 10.1 Å². The molecule has 0 spiro atoms. The maximum absolute atomic E-state index is 10.4. The average Bonchev–Trinajstić information content (AvgIpc) is 2.95. The Morgan fingerprint density at radius 3 is 2.88 bits per heavy atom. The third kappa shape index (κ3) is 2.65. The number of nitro groups is 1. The second-order valence-corrected chi connectivity index (χ2v) is 3.87. The van der Waals surface area contributed by atoms with Crippen molar-refractivity contribution in [1.29, 1.82) is 0 Å². The zero-order chi connectivity index (χ0) is 12.3. The van der Waals surface area contributed by atoms with Gasteiger partial charge in [-0.15, -0.1) is 10.2 Å². The number of nitrogen functional groups attached to an aromatic ring is 1. The van der Waals surface area contributed by atoms with Gasteiger partial charge in [-0.3, -0.25) is 15.5 Å². The van der Waals surface area contributed by atoms with Gasteiger partial charge in [0, 0.05) is 0 Å². The zero-order valence-electron chi connectivity index (χ0n) is 8.36. The van der Waals surface area contributed by atoms with Crippen molar-refractivity contribution < 1.29 is 9.34 Å². The van der Waals surface area contributed by atoms with Gasteiger partial charge in [0.2, 0.25) is 5.13 Å². The lowest BCUT2D eigenvalue weighted by molar-refractivity contribution is -0.402. The van der Waals surface area contributed by atoms with Crippen molar-refractivity contribution in [3.8, 4) is 0 Å². The fraction of sp³-hybridized carbons (Fsp3) is 0. The Hall–Kier alpha value is -2.26. The monoisotopic (exact) mass is 253 g/mol. The molecular weight excluding hydrogens is 246 g/mol. The lowest BCUT2D eigenvalue weighted by Crippen LogP contribution is -2.05. The summed E-state index contributed by atoms with van der Waals surface area (Å²) >= 11 is 1.24. The number of hydrogen-bond acceptors (Lipinski definition) is 8. The number of nitrogens with two attached hydrogens (primary N) is 1. The molecule has 0 saturated carbocycles. The average molecular weight is 253 g/mol. The first-order chi connectivity index (χ1) is 8.19. The van der Waals surface area contributed by atoms with Gasteiger partial charge in [0.15, 0.2) is 0 Å². The number of hydrazine groups is 1. The summed E-state index contributed by atoms with van der Waals surface area (Å²) < 4.78 is 4.93. The van der Waals surface area contributed by atoms with Crippen molar-refractivity contribution in [3.05, 3.63) is 33.0 Å². The van der Waals surface area contributed by atoms with Gasteiger partial charge in [0.25, 0.3) is 0 Å². The fourth-order valence-electron chi connectivity index (χ4n) is 1.04. The van der Waals surface area contributed by atoms with Gasteiger partial charge in [0.05, 0.1) is 6.07 Å². The van der Waals surface area contributed by atoms with Gasteiger partial charge in [-0.1, -0.05) is 11.3 Å². The Bertz CT molecular complexity index is 561. The summed E-state index contributed by atoms with van der Waals surface area (Å²) in [7, 11) is 0. The van der Waals surface area contributed by atoms with E-state index in [0.29, 0.717) is 15.9 Å². The highest BCUT2D eigenvalue weighted by Gasteiger charge is 2.09. The van der Waals surface area contributed by atoms with Crippen molar-refractivity contribution in [2.45, 2.75) is 0 Å². The number of hydrogen-bond donors (Lipinski definition) is 2. The summed E-state index contributed by atoms with van der Waals surface area (Å²) in [6.07, 6.45) is 3.19. The van der Waals surface area contributed by atoms with Gasteiger partial charge in [-0.2, -0.15) is 0 Å². The van der Waals surface area contributed by atoms with Crippen molar-refractivity contribution in [2.75, 3.05) is 5.43 Å². The minimum absolute atomic E-state index is 0.300. The number of rotatable bonds is 4. The fourth-order valence-corrected chi connectivity index (χ4v) is 1.60. The van der Waals surface area contributed by atoms with Gasteiger partial charge in [-0.05, 0) is 18.2 Å². The Labute approximate surface area is 98.9 Å². The number of furan rings is 1. The molecule has 0 aliphatic rings. The standard InChI is InChI=1S/C8H7N5O3S/c9-10-8-12-11-6(17-8)3-1-5-2-4-7(16-5)13(14)15/h1-4H,9H2,(H,10,12)/b3-1+. The lowest BCUT2D eigenvalue weighted by atomic mass is 10.4. The summed E-state index contributed by atoms with van der Waals surface area (Å²) in [5.74, 6) is 5.22. The molecule has 17 heavy (non-hydrogen) atoms. The Morgan fingerprint density at radius 2 is 2.29 bits per heavy atom. The number of nitrogens with one attached hydrogen (secondary N) is 1. The number of aromatic nitrogens is 2. The van der Waals surface area contributed by atoms with E-state index in [0.717, 1.165) is 0 Å². The molecule has 0 aliphatic heterocycles. The molecule has 0 aromatic carbocycles. The molecule has 8 nitrogen and oxygen atoms in total. The first-order valence-corrected chi connectivity index (χ1v) is 5.23. The van der Waals surface area contributed by atoms with Crippen molar-refractivity contribution >= 4 is 34.5 Å². The van der Waals surface area contributed by atoms with Gasteiger partial charge < -0.3 is 4.42 Å². The molecule has 2 aromatic rings. The third-order valence-electron chi connectivity index (χ3n) is 1.75. The predicted octanol–water partition coefficient (Wildman–Crippen LogP) is 1.50. The molecule has 0 fully saturated rings. The first kappa shape index (κ1) is 11.2. The van der Waals surface area contributed by atoms with E-state index in [4.69, 9.17) is 10.3 Å². The quantitative estimate of drug-likeness (QED) is 0.481. The normalized spacial score (nSPS) is 10.9. The van der Waals surface area contributed by atoms with Gasteiger partial charge in [-0.25, -0.2) is 5.84 Å². The van der Waals surface area contributed by atoms with Crippen LogP contribution < -0.4 is 11.3 Å². The molecular formula is C8H7N5O3S. The van der Waals surface area contributed by atoms with E-state index in [1.54, 1.807) is 12.2 Å². The van der Waals surface area contributed by atoms with Crippen LogP contribution in [-0.2, 0) is 0 Å². The molecule has 0 unspecified atom stereocenters. The molecule has 0 radical (unpaired) electrons. The molecule has 2 aromatic heterocycles. The molecule has 2 rings (SSSR count). The highest BCUT2D eigenvalue weighted by atomic mass is 32.1. The van der Waals surface area contributed by atoms with Crippen molar-refractivity contribution in [1.82, 2.24) is 10.2 Å². The molecule has 9 heteroatoms. The molecule has 0 bridgehead atoms. The maximum atomic E-state index is 10.4. The van der Waals surface area contributed by atoms with Gasteiger partial charge >= 0.3 is 5.88 Å². The van der Waals surface area contributed by atoms with Crippen LogP contribution in [0.3, 0.4) is 0 Å². The first-order valence-electron chi connectivity index (χ1n) is 4.41. The van der Waals surface area contributed by atoms with Gasteiger partial charge in [0.1, 0.15) is 15.7 Å². The lowest BCUT2D eigenvalue weighted by Gasteiger charge is -1.84. The Kier molecular flexibility index (Phi) is 3.12. The van der Waals surface area contributed by atoms with Crippen molar-refractivity contribution in [3.63, 3.8) is 0 Å². The minimum Gasteiger partial charge on any atom is -0.401 e. The minimum atomic E-state index is -0.598. The molecule has 88 valence electrons. The SMILES string of the molecule is NNc1nnc(/C=C/c2ccc([N+](=O)[O-])o2)s1. The van der Waals surface area contributed by atoms with Crippen LogP contribution in [0.4, 0.5) is 11.0 Å². The summed E-state index contributed by atoms with van der Waals surface area (Å²) in [5.41, 5.74) is 2.36. The van der Waals surface area contributed by atoms with Crippen LogP contribution in [0.1, 0.15) is 10.8 Å². The van der Waals surface area contributed by atoms with E-state index in [-0.39, 0.29) is 5.88 Å². The Morgan fingerprint density at radius 1 is 1.47 bits per heavy atom. The van der Waals surface area contributed by atoms with E-state index < -0.39 is 4.92 Å². The summed E-state index contributed by atoms with van der Waals surface area (Å²) in [5, 5.41) is 19.0. The topological polar surface area (TPSA) is 120 Å². The number of nitrogens with zero attached hydrogens (tertiary/aromatic N) is 3. The largest absolute Gasteiger partial charge is 0.433 e. The smallest absolute Gasteiger partial charge is 0.401 e. The predicted molar refractivity (Wildman–Crippen MR) is 62.0 cm³/mol. The summed E-state index contributed by atoms with van der Waals surface area (Å²) in [6, 6.07) is 2.78. The molecule has 0 saturated heterocycles. The van der Waals surface area contributed by atoms with E-state index in [2.05, 4.69) is 15.6 Å². The van der Waals surface area contributed by atoms with E-state index in [1.807, 2.05) is 0 Å². The van der Waals surface area contributed by atoms with Crippen LogP contribution in [0.15, 0.2) is 16.5 Å². The molecule has 0 amide bonds. The second kappa shape index (κ2) is 4.72. The highest BCUT2D eigenvalue weighted by molar-refractivity contribution is 7.16. The molecule has 3 N–H and O–H groups in total. The highest BCUT2D eigenvalue weighted by Crippen LogP contribution is 2.19. The van der Waals surface area contributed by atoms with E-state index in [1.165, 1.54) is 23.5 Å². The van der Waals surface area contributed by atoms with Crippen LogP contribution in [0.2, 0.25) is 0 Å². The molecule has 0 atom stereocenters. The summed E-state index contributed by atoms with van der Waals surface area (Å²) in [4.78, 5) is 9.78. The summed E-state index contributed by atoms with van der Waals surface area (Å²) in [6.45, 7) is 0. The van der Waals surface area contributed by atoms with Crippen LogP contribution in [0.25, 0.3) is 12.2 Å². The van der Waals surface area contributed by atoms with Crippen LogP contribution >= 0.6 is 11.3 Å². The van der Waals surface area contributed by atoms with Crippen molar-refractivity contribution in [2.24, 2.45) is 5.84 Å². The zero-order valence-corrected chi connectivity index (χ0v) is 9.18. The van der Waals surface area contributed by atoms with E-state index >= 15 is 0 Å². The van der Waals surface area contributed by atoms with Crippen LogP contribution in [0.5, 0.6) is 0 Å². The molecule has 0 aliphatic carbocycles. The Balaban J connectivity index is 2.11. The molecule has 2 heterocycles. The van der Waals surface area contributed by atoms with Crippen LogP contribution in [0, 0.1) is 10.1 Å². The maximum Gasteiger partial charge on any atom is 0.433 e. The van der Waals surface area contributed by atoms with Crippen LogP contribution in [-0.4, -0.2) is 15.1 Å². The second-order valence-electron chi connectivity index (χ2n) is 2.86. The number of anilines is 1.